The quantitative estimate of drug-likeness (QED) is 0.856. The molecule has 1 N–H and O–H groups in total. The number of aromatic nitrogens is 2. The van der Waals surface area contributed by atoms with E-state index in [1.54, 1.807) is 12.4 Å². The van der Waals surface area contributed by atoms with Crippen molar-refractivity contribution in [3.05, 3.63) is 36.2 Å². The van der Waals surface area contributed by atoms with Crippen LogP contribution in [0.15, 0.2) is 30.6 Å². The van der Waals surface area contributed by atoms with Crippen molar-refractivity contribution in [2.75, 3.05) is 6.54 Å². The number of rotatable bonds is 5. The fourth-order valence-corrected chi connectivity index (χ4v) is 2.01. The molecule has 1 atom stereocenters. The van der Waals surface area contributed by atoms with E-state index >= 15 is 0 Å². The minimum absolute atomic E-state index is 0.418. The highest BCUT2D eigenvalue weighted by atomic mass is 14.9. The highest BCUT2D eigenvalue weighted by Crippen LogP contribution is 2.20. The van der Waals surface area contributed by atoms with Crippen LogP contribution in [-0.2, 0) is 0 Å². The number of fused-ring (bicyclic) bond motifs is 1. The molecular formula is C14H19N3. The van der Waals surface area contributed by atoms with Crippen molar-refractivity contribution in [3.63, 3.8) is 0 Å². The Hall–Kier alpha value is -1.48. The van der Waals surface area contributed by atoms with Gasteiger partial charge in [-0.15, -0.1) is 0 Å². The number of nitrogens with one attached hydrogen (secondary N) is 1. The van der Waals surface area contributed by atoms with Crippen molar-refractivity contribution in [1.82, 2.24) is 15.3 Å². The van der Waals surface area contributed by atoms with Gasteiger partial charge in [-0.1, -0.05) is 19.9 Å². The lowest BCUT2D eigenvalue weighted by molar-refractivity contribution is 0.519. The second-order valence-electron chi connectivity index (χ2n) is 4.22. The van der Waals surface area contributed by atoms with E-state index < -0.39 is 0 Å². The topological polar surface area (TPSA) is 37.8 Å². The van der Waals surface area contributed by atoms with Gasteiger partial charge in [0.25, 0.3) is 0 Å². The van der Waals surface area contributed by atoms with Crippen molar-refractivity contribution < 1.29 is 0 Å². The van der Waals surface area contributed by atoms with Crippen molar-refractivity contribution in [3.8, 4) is 0 Å². The Morgan fingerprint density at radius 2 is 1.88 bits per heavy atom. The molecule has 0 saturated carbocycles. The van der Waals surface area contributed by atoms with Crippen LogP contribution in [0.1, 0.15) is 38.3 Å². The van der Waals surface area contributed by atoms with Gasteiger partial charge in [0.1, 0.15) is 0 Å². The Bertz CT molecular complexity index is 482. The van der Waals surface area contributed by atoms with Gasteiger partial charge in [-0.05, 0) is 37.1 Å². The second kappa shape index (κ2) is 5.73. The molecular weight excluding hydrogens is 210 g/mol. The number of hydrogen-bond donors (Lipinski definition) is 1. The first-order valence-corrected chi connectivity index (χ1v) is 6.29. The summed E-state index contributed by atoms with van der Waals surface area (Å²) in [6.07, 6.45) is 5.72. The fraction of sp³-hybridized carbons (Fsp3) is 0.429. The molecule has 0 fully saturated rings. The standard InChI is InChI=1S/C14H19N3/c1-3-7-15-12(4-2)11-5-6-13-14(10-11)17-9-8-16-13/h5-6,8-10,12,15H,3-4,7H2,1-2H3. The summed E-state index contributed by atoms with van der Waals surface area (Å²) in [5.41, 5.74) is 3.23. The van der Waals surface area contributed by atoms with Crippen LogP contribution in [0.3, 0.4) is 0 Å². The zero-order valence-corrected chi connectivity index (χ0v) is 10.5. The van der Waals surface area contributed by atoms with E-state index in [4.69, 9.17) is 0 Å². The fourth-order valence-electron chi connectivity index (χ4n) is 2.01. The number of nitrogens with zero attached hydrogens (tertiary/aromatic N) is 2. The van der Waals surface area contributed by atoms with Crippen molar-refractivity contribution in [1.29, 1.82) is 0 Å². The maximum Gasteiger partial charge on any atom is 0.0890 e. The van der Waals surface area contributed by atoms with Gasteiger partial charge in [0.15, 0.2) is 0 Å². The molecule has 0 aliphatic rings. The summed E-state index contributed by atoms with van der Waals surface area (Å²) < 4.78 is 0. The van der Waals surface area contributed by atoms with Crippen LogP contribution >= 0.6 is 0 Å². The largest absolute Gasteiger partial charge is 0.310 e. The maximum absolute atomic E-state index is 4.35. The molecule has 1 unspecified atom stereocenters. The lowest BCUT2D eigenvalue weighted by atomic mass is 10.0. The molecule has 90 valence electrons. The Morgan fingerprint density at radius 3 is 2.59 bits per heavy atom. The maximum atomic E-state index is 4.35. The van der Waals surface area contributed by atoms with Gasteiger partial charge in [0.05, 0.1) is 11.0 Å². The van der Waals surface area contributed by atoms with E-state index in [0.717, 1.165) is 30.4 Å². The van der Waals surface area contributed by atoms with Gasteiger partial charge in [0.2, 0.25) is 0 Å². The predicted octanol–water partition coefficient (Wildman–Crippen LogP) is 3.08. The van der Waals surface area contributed by atoms with Crippen molar-refractivity contribution >= 4 is 11.0 Å². The Balaban J connectivity index is 2.27. The normalized spacial score (nSPS) is 12.8. The summed E-state index contributed by atoms with van der Waals surface area (Å²) in [5, 5.41) is 3.55. The lowest BCUT2D eigenvalue weighted by Gasteiger charge is -2.17. The Labute approximate surface area is 102 Å². The van der Waals surface area contributed by atoms with Crippen LogP contribution in [0.25, 0.3) is 11.0 Å². The second-order valence-corrected chi connectivity index (χ2v) is 4.22. The molecule has 2 aromatic rings. The number of benzene rings is 1. The zero-order chi connectivity index (χ0) is 12.1. The molecule has 0 aliphatic heterocycles. The van der Waals surface area contributed by atoms with E-state index in [-0.39, 0.29) is 0 Å². The molecule has 0 radical (unpaired) electrons. The summed E-state index contributed by atoms with van der Waals surface area (Å²) in [4.78, 5) is 8.64. The first-order valence-electron chi connectivity index (χ1n) is 6.29. The van der Waals surface area contributed by atoms with Crippen LogP contribution in [0, 0.1) is 0 Å². The summed E-state index contributed by atoms with van der Waals surface area (Å²) in [7, 11) is 0. The number of hydrogen-bond acceptors (Lipinski definition) is 3. The summed E-state index contributed by atoms with van der Waals surface area (Å²) >= 11 is 0. The monoisotopic (exact) mass is 229 g/mol. The van der Waals surface area contributed by atoms with Gasteiger partial charge in [-0.25, -0.2) is 0 Å². The minimum atomic E-state index is 0.418. The summed E-state index contributed by atoms with van der Waals surface area (Å²) in [6, 6.07) is 6.75. The van der Waals surface area contributed by atoms with E-state index in [9.17, 15) is 0 Å². The average molecular weight is 229 g/mol. The van der Waals surface area contributed by atoms with Gasteiger partial charge in [-0.2, -0.15) is 0 Å². The van der Waals surface area contributed by atoms with Crippen LogP contribution < -0.4 is 5.32 Å². The van der Waals surface area contributed by atoms with Crippen LogP contribution in [-0.4, -0.2) is 16.5 Å². The molecule has 0 saturated heterocycles. The Kier molecular flexibility index (Phi) is 4.04. The predicted molar refractivity (Wildman–Crippen MR) is 70.9 cm³/mol. The third-order valence-corrected chi connectivity index (χ3v) is 2.94. The van der Waals surface area contributed by atoms with Gasteiger partial charge in [-0.3, -0.25) is 9.97 Å². The molecule has 1 heterocycles. The zero-order valence-electron chi connectivity index (χ0n) is 10.5. The first-order chi connectivity index (χ1) is 8.35. The molecule has 3 nitrogen and oxygen atoms in total. The van der Waals surface area contributed by atoms with E-state index in [0.29, 0.717) is 6.04 Å². The summed E-state index contributed by atoms with van der Waals surface area (Å²) in [6.45, 7) is 5.44. The third kappa shape index (κ3) is 2.80. The Morgan fingerprint density at radius 1 is 1.12 bits per heavy atom. The van der Waals surface area contributed by atoms with Crippen molar-refractivity contribution in [2.45, 2.75) is 32.7 Å². The van der Waals surface area contributed by atoms with Crippen molar-refractivity contribution in [2.24, 2.45) is 0 Å². The highest BCUT2D eigenvalue weighted by molar-refractivity contribution is 5.74. The van der Waals surface area contributed by atoms with E-state index in [1.807, 2.05) is 6.07 Å². The summed E-state index contributed by atoms with van der Waals surface area (Å²) in [5.74, 6) is 0. The molecule has 0 amide bonds. The molecule has 1 aromatic heterocycles. The molecule has 2 rings (SSSR count). The minimum Gasteiger partial charge on any atom is -0.310 e. The SMILES string of the molecule is CCCNC(CC)c1ccc2nccnc2c1. The smallest absolute Gasteiger partial charge is 0.0890 e. The molecule has 0 bridgehead atoms. The average Bonchev–Trinajstić information content (AvgIpc) is 2.39. The first kappa shape index (κ1) is 12.0. The van der Waals surface area contributed by atoms with E-state index in [2.05, 4.69) is 41.3 Å². The van der Waals surface area contributed by atoms with Crippen LogP contribution in [0.4, 0.5) is 0 Å². The molecule has 0 aliphatic carbocycles. The molecule has 1 aromatic carbocycles. The molecule has 0 spiro atoms. The van der Waals surface area contributed by atoms with Gasteiger partial charge in [0, 0.05) is 18.4 Å². The molecule has 17 heavy (non-hydrogen) atoms. The third-order valence-electron chi connectivity index (χ3n) is 2.94. The molecule has 3 heteroatoms. The van der Waals surface area contributed by atoms with Gasteiger partial charge >= 0.3 is 0 Å². The van der Waals surface area contributed by atoms with E-state index in [1.165, 1.54) is 5.56 Å². The van der Waals surface area contributed by atoms with Gasteiger partial charge < -0.3 is 5.32 Å². The van der Waals surface area contributed by atoms with Crippen LogP contribution in [0.2, 0.25) is 0 Å². The lowest BCUT2D eigenvalue weighted by Crippen LogP contribution is -2.21. The van der Waals surface area contributed by atoms with Crippen LogP contribution in [0.5, 0.6) is 0 Å². The highest BCUT2D eigenvalue weighted by Gasteiger charge is 2.08.